The van der Waals surface area contributed by atoms with E-state index in [-0.39, 0.29) is 28.4 Å². The second kappa shape index (κ2) is 6.72. The van der Waals surface area contributed by atoms with Crippen LogP contribution in [0.1, 0.15) is 24.5 Å². The van der Waals surface area contributed by atoms with E-state index in [2.05, 4.69) is 0 Å². The van der Waals surface area contributed by atoms with Crippen molar-refractivity contribution < 1.29 is 13.3 Å². The van der Waals surface area contributed by atoms with Gasteiger partial charge in [0.25, 0.3) is 5.69 Å². The zero-order chi connectivity index (χ0) is 16.7. The minimum absolute atomic E-state index is 0. The van der Waals surface area contributed by atoms with Gasteiger partial charge < -0.3 is 5.73 Å². The second-order valence-corrected chi connectivity index (χ2v) is 8.14. The maximum Gasteiger partial charge on any atom is 0.270 e. The van der Waals surface area contributed by atoms with Crippen LogP contribution in [0, 0.1) is 29.4 Å². The number of nitrogens with zero attached hydrogens (tertiary/aromatic N) is 2. The number of halogens is 1. The Morgan fingerprint density at radius 3 is 2.26 bits per heavy atom. The van der Waals surface area contributed by atoms with Crippen LogP contribution in [-0.2, 0) is 10.0 Å². The normalized spacial score (nSPS) is 21.9. The molecule has 0 aliphatic carbocycles. The highest BCUT2D eigenvalue weighted by molar-refractivity contribution is 7.89. The summed E-state index contributed by atoms with van der Waals surface area (Å²) in [6.07, 6.45) is 0.716. The third-order valence-electron chi connectivity index (χ3n) is 4.27. The number of aryl methyl sites for hydroxylation is 2. The number of hydrogen-bond acceptors (Lipinski definition) is 5. The van der Waals surface area contributed by atoms with Crippen LogP contribution in [0.2, 0.25) is 0 Å². The number of nitrogens with two attached hydrogens (primary N) is 1. The van der Waals surface area contributed by atoms with Gasteiger partial charge in [0.2, 0.25) is 10.0 Å². The molecule has 0 bridgehead atoms. The molecule has 0 radical (unpaired) electrons. The molecule has 1 aromatic carbocycles. The Hall–Kier alpha value is -1.22. The highest BCUT2D eigenvalue weighted by Crippen LogP contribution is 2.35. The number of non-ortho nitro benzene ring substituents is 1. The number of sulfonamides is 1. The first-order valence-electron chi connectivity index (χ1n) is 7.06. The third-order valence-corrected chi connectivity index (χ3v) is 6.42. The van der Waals surface area contributed by atoms with Gasteiger partial charge in [0.05, 0.1) is 9.82 Å². The molecule has 1 aromatic rings. The van der Waals surface area contributed by atoms with E-state index in [0.717, 1.165) is 0 Å². The van der Waals surface area contributed by atoms with Gasteiger partial charge in [-0.15, -0.1) is 12.4 Å². The van der Waals surface area contributed by atoms with E-state index in [4.69, 9.17) is 5.73 Å². The lowest BCUT2D eigenvalue weighted by molar-refractivity contribution is -0.385. The molecule has 2 N–H and O–H groups in total. The van der Waals surface area contributed by atoms with Gasteiger partial charge in [-0.25, -0.2) is 8.42 Å². The Kier molecular flexibility index (Phi) is 5.79. The van der Waals surface area contributed by atoms with E-state index >= 15 is 0 Å². The average Bonchev–Trinajstić information content (AvgIpc) is 2.81. The Morgan fingerprint density at radius 1 is 1.35 bits per heavy atom. The van der Waals surface area contributed by atoms with Crippen molar-refractivity contribution in [1.82, 2.24) is 4.31 Å². The molecule has 1 aliphatic rings. The van der Waals surface area contributed by atoms with Crippen molar-refractivity contribution in [2.24, 2.45) is 11.1 Å². The minimum Gasteiger partial charge on any atom is -0.330 e. The fourth-order valence-electron chi connectivity index (χ4n) is 2.92. The average molecular weight is 364 g/mol. The standard InChI is InChI=1S/C14H21N3O4S.ClH/c1-10-6-12(17(18)19)7-11(2)13(10)22(20,21)16-5-4-14(3,8-15)9-16;/h6-7H,4-5,8-9,15H2,1-3H3;1H. The SMILES string of the molecule is Cc1cc([N+](=O)[O-])cc(C)c1S(=O)(=O)N1CCC(C)(CN)C1.Cl. The van der Waals surface area contributed by atoms with E-state index < -0.39 is 14.9 Å². The smallest absolute Gasteiger partial charge is 0.270 e. The summed E-state index contributed by atoms with van der Waals surface area (Å²) in [5.41, 5.74) is 6.21. The van der Waals surface area contributed by atoms with Gasteiger partial charge in [-0.2, -0.15) is 4.31 Å². The number of nitro groups is 1. The number of hydrogen-bond donors (Lipinski definition) is 1. The molecule has 1 fully saturated rings. The molecule has 0 spiro atoms. The van der Waals surface area contributed by atoms with E-state index in [9.17, 15) is 18.5 Å². The van der Waals surface area contributed by atoms with Crippen LogP contribution in [-0.4, -0.2) is 37.3 Å². The maximum atomic E-state index is 12.9. The summed E-state index contributed by atoms with van der Waals surface area (Å²) >= 11 is 0. The Bertz CT molecular complexity index is 700. The topological polar surface area (TPSA) is 107 Å². The fraction of sp³-hybridized carbons (Fsp3) is 0.571. The van der Waals surface area contributed by atoms with Gasteiger partial charge in [-0.3, -0.25) is 10.1 Å². The molecule has 23 heavy (non-hydrogen) atoms. The van der Waals surface area contributed by atoms with Gasteiger partial charge in [0, 0.05) is 25.2 Å². The third kappa shape index (κ3) is 3.65. The summed E-state index contributed by atoms with van der Waals surface area (Å²) in [5.74, 6) is 0. The Morgan fingerprint density at radius 2 is 1.87 bits per heavy atom. The number of rotatable bonds is 4. The van der Waals surface area contributed by atoms with Gasteiger partial charge >= 0.3 is 0 Å². The lowest BCUT2D eigenvalue weighted by Crippen LogP contribution is -2.35. The molecule has 0 saturated carbocycles. The van der Waals surface area contributed by atoms with Crippen molar-refractivity contribution in [2.75, 3.05) is 19.6 Å². The summed E-state index contributed by atoms with van der Waals surface area (Å²) in [6.45, 7) is 6.37. The van der Waals surface area contributed by atoms with Gasteiger partial charge in [-0.1, -0.05) is 6.92 Å². The second-order valence-electron chi connectivity index (χ2n) is 6.27. The molecule has 7 nitrogen and oxygen atoms in total. The van der Waals surface area contributed by atoms with Crippen LogP contribution >= 0.6 is 12.4 Å². The lowest BCUT2D eigenvalue weighted by atomic mass is 9.90. The first-order valence-corrected chi connectivity index (χ1v) is 8.50. The maximum absolute atomic E-state index is 12.9. The van der Waals surface area contributed by atoms with Crippen LogP contribution in [0.5, 0.6) is 0 Å². The summed E-state index contributed by atoms with van der Waals surface area (Å²) in [5, 5.41) is 10.9. The summed E-state index contributed by atoms with van der Waals surface area (Å²) in [7, 11) is -3.67. The first-order chi connectivity index (χ1) is 10.1. The van der Waals surface area contributed by atoms with Crippen molar-refractivity contribution >= 4 is 28.1 Å². The molecular formula is C14H22ClN3O4S. The quantitative estimate of drug-likeness (QED) is 0.650. The van der Waals surface area contributed by atoms with Crippen molar-refractivity contribution in [3.05, 3.63) is 33.4 Å². The fourth-order valence-corrected chi connectivity index (χ4v) is 4.92. The van der Waals surface area contributed by atoms with Gasteiger partial charge in [-0.05, 0) is 43.4 Å². The van der Waals surface area contributed by atoms with Crippen molar-refractivity contribution in [2.45, 2.75) is 32.1 Å². The van der Waals surface area contributed by atoms with Crippen LogP contribution in [0.4, 0.5) is 5.69 Å². The van der Waals surface area contributed by atoms with E-state index in [1.165, 1.54) is 16.4 Å². The predicted molar refractivity (Wildman–Crippen MR) is 90.4 cm³/mol. The highest BCUT2D eigenvalue weighted by atomic mass is 35.5. The molecule has 1 aliphatic heterocycles. The Balaban J connectivity index is 0.00000264. The van der Waals surface area contributed by atoms with Crippen molar-refractivity contribution in [3.63, 3.8) is 0 Å². The lowest BCUT2D eigenvalue weighted by Gasteiger charge is -2.23. The van der Waals surface area contributed by atoms with Crippen LogP contribution < -0.4 is 5.73 Å². The van der Waals surface area contributed by atoms with Crippen LogP contribution in [0.25, 0.3) is 0 Å². The molecule has 0 aromatic heterocycles. The number of benzene rings is 1. The summed E-state index contributed by atoms with van der Waals surface area (Å²) < 4.78 is 27.2. The zero-order valence-electron chi connectivity index (χ0n) is 13.4. The molecule has 130 valence electrons. The summed E-state index contributed by atoms with van der Waals surface area (Å²) in [4.78, 5) is 10.5. The predicted octanol–water partition coefficient (Wildman–Crippen LogP) is 1.99. The molecule has 1 heterocycles. The first kappa shape index (κ1) is 19.8. The van der Waals surface area contributed by atoms with E-state index in [0.29, 0.717) is 37.2 Å². The monoisotopic (exact) mass is 363 g/mol. The summed E-state index contributed by atoms with van der Waals surface area (Å²) in [6, 6.07) is 2.61. The van der Waals surface area contributed by atoms with E-state index in [1.807, 2.05) is 6.92 Å². The minimum atomic E-state index is -3.67. The molecule has 1 unspecified atom stereocenters. The van der Waals surface area contributed by atoms with Crippen molar-refractivity contribution in [1.29, 1.82) is 0 Å². The highest BCUT2D eigenvalue weighted by Gasteiger charge is 2.40. The molecule has 1 saturated heterocycles. The molecular weight excluding hydrogens is 342 g/mol. The number of nitro benzene ring substituents is 1. The van der Waals surface area contributed by atoms with Crippen molar-refractivity contribution in [3.8, 4) is 0 Å². The van der Waals surface area contributed by atoms with Crippen LogP contribution in [0.15, 0.2) is 17.0 Å². The molecule has 2 rings (SSSR count). The molecule has 0 amide bonds. The molecule has 1 atom stereocenters. The van der Waals surface area contributed by atoms with Gasteiger partial charge in [0.1, 0.15) is 0 Å². The molecule has 9 heteroatoms. The zero-order valence-corrected chi connectivity index (χ0v) is 15.0. The van der Waals surface area contributed by atoms with Crippen LogP contribution in [0.3, 0.4) is 0 Å². The Labute approximate surface area is 142 Å². The van der Waals surface area contributed by atoms with E-state index in [1.54, 1.807) is 13.8 Å². The van der Waals surface area contributed by atoms with Gasteiger partial charge in [0.15, 0.2) is 0 Å². The largest absolute Gasteiger partial charge is 0.330 e.